The predicted octanol–water partition coefficient (Wildman–Crippen LogP) is 4.49. The van der Waals surface area contributed by atoms with Crippen molar-refractivity contribution in [3.63, 3.8) is 0 Å². The summed E-state index contributed by atoms with van der Waals surface area (Å²) in [6.45, 7) is 12.1. The van der Waals surface area contributed by atoms with Crippen LogP contribution < -0.4 is 10.3 Å². The van der Waals surface area contributed by atoms with E-state index in [0.29, 0.717) is 0 Å². The second-order valence-corrected chi connectivity index (χ2v) is 10.5. The normalized spacial score (nSPS) is 18.9. The lowest BCUT2D eigenvalue weighted by Gasteiger charge is -2.31. The highest BCUT2D eigenvalue weighted by Gasteiger charge is 2.44. The summed E-state index contributed by atoms with van der Waals surface area (Å²) >= 11 is 5.29. The molecule has 0 bridgehead atoms. The summed E-state index contributed by atoms with van der Waals surface area (Å²) in [4.78, 5) is 3.71. The molecule has 1 N–H and O–H groups in total. The third kappa shape index (κ3) is 2.83. The number of hydrogen-bond donors (Lipinski definition) is 1. The van der Waals surface area contributed by atoms with Crippen molar-refractivity contribution in [2.24, 2.45) is 5.10 Å². The molecule has 0 radical (unpaired) electrons. The minimum atomic E-state index is 0.0106. The molecule has 5 rings (SSSR count). The maximum atomic E-state index is 4.66. The zero-order chi connectivity index (χ0) is 19.4. The predicted molar refractivity (Wildman–Crippen MR) is 120 cm³/mol. The Balaban J connectivity index is 1.61. The summed E-state index contributed by atoms with van der Waals surface area (Å²) in [6, 6.07) is 0. The molecule has 3 aliphatic rings. The molecule has 1 aliphatic carbocycles. The second kappa shape index (κ2) is 6.96. The Bertz CT molecular complexity index is 1020. The summed E-state index contributed by atoms with van der Waals surface area (Å²) in [5.41, 5.74) is 8.49. The Kier molecular flexibility index (Phi) is 4.56. The molecule has 0 amide bonds. The van der Waals surface area contributed by atoms with E-state index in [2.05, 4.69) is 43.3 Å². The number of hydrazone groups is 1. The minimum Gasteiger partial charge on any atom is -0.280 e. The molecule has 2 aromatic rings. The standard InChI is InChI=1S/C19H22N6S3/c1-10(2)8-26-18-22-20-15-14-12-6-5-7-13(12)28-16(14)25-17(24(15)18)21-23-19(25)27-9-11(3)4/h15,20H,1,3,5-9H2,2,4H3. The van der Waals surface area contributed by atoms with Crippen LogP contribution in [0.4, 0.5) is 5.95 Å². The average molecular weight is 431 g/mol. The van der Waals surface area contributed by atoms with Crippen LogP contribution in [0.1, 0.15) is 42.4 Å². The van der Waals surface area contributed by atoms with Crippen LogP contribution in [0.5, 0.6) is 0 Å². The first kappa shape index (κ1) is 18.3. The number of aromatic nitrogens is 3. The number of nitrogens with one attached hydrogen (secondary N) is 1. The Morgan fingerprint density at radius 2 is 1.96 bits per heavy atom. The summed E-state index contributed by atoms with van der Waals surface area (Å²) in [5, 5.41) is 16.9. The van der Waals surface area contributed by atoms with E-state index in [1.54, 1.807) is 23.5 Å². The van der Waals surface area contributed by atoms with Gasteiger partial charge in [0.25, 0.3) is 0 Å². The molecule has 28 heavy (non-hydrogen) atoms. The molecule has 0 saturated heterocycles. The van der Waals surface area contributed by atoms with E-state index in [9.17, 15) is 0 Å². The number of amidine groups is 1. The summed E-state index contributed by atoms with van der Waals surface area (Å²) in [5.74, 6) is 2.52. The lowest BCUT2D eigenvalue weighted by Crippen LogP contribution is -2.38. The van der Waals surface area contributed by atoms with Crippen molar-refractivity contribution in [2.45, 2.75) is 44.4 Å². The fourth-order valence-electron chi connectivity index (χ4n) is 3.76. The third-order valence-electron chi connectivity index (χ3n) is 4.89. The van der Waals surface area contributed by atoms with E-state index in [4.69, 9.17) is 0 Å². The van der Waals surface area contributed by atoms with E-state index < -0.39 is 0 Å². The molecular formula is C19H22N6S3. The van der Waals surface area contributed by atoms with Crippen LogP contribution in [-0.2, 0) is 12.8 Å². The van der Waals surface area contributed by atoms with Gasteiger partial charge in [0.2, 0.25) is 5.95 Å². The van der Waals surface area contributed by atoms with Crippen molar-refractivity contribution in [1.29, 1.82) is 0 Å². The monoisotopic (exact) mass is 430 g/mol. The number of nitrogens with zero attached hydrogens (tertiary/aromatic N) is 5. The number of anilines is 1. The van der Waals surface area contributed by atoms with E-state index >= 15 is 0 Å². The first-order valence-corrected chi connectivity index (χ1v) is 12.1. The third-order valence-corrected chi connectivity index (χ3v) is 8.53. The van der Waals surface area contributed by atoms with Gasteiger partial charge in [-0.05, 0) is 38.7 Å². The Hall–Kier alpha value is -1.71. The smallest absolute Gasteiger partial charge is 0.241 e. The molecule has 4 heterocycles. The van der Waals surface area contributed by atoms with Crippen LogP contribution in [0.3, 0.4) is 0 Å². The molecule has 2 aromatic heterocycles. The Morgan fingerprint density at radius 3 is 2.75 bits per heavy atom. The van der Waals surface area contributed by atoms with Gasteiger partial charge in [-0.3, -0.25) is 10.3 Å². The largest absolute Gasteiger partial charge is 0.280 e. The van der Waals surface area contributed by atoms with Crippen LogP contribution >= 0.6 is 34.9 Å². The highest BCUT2D eigenvalue weighted by Crippen LogP contribution is 2.49. The van der Waals surface area contributed by atoms with E-state index in [1.165, 1.54) is 33.8 Å². The molecule has 6 nitrogen and oxygen atoms in total. The van der Waals surface area contributed by atoms with Gasteiger partial charge in [0.05, 0.1) is 0 Å². The molecule has 1 atom stereocenters. The highest BCUT2D eigenvalue weighted by atomic mass is 32.2. The van der Waals surface area contributed by atoms with Crippen LogP contribution in [-0.4, -0.2) is 31.4 Å². The lowest BCUT2D eigenvalue weighted by molar-refractivity contribution is 0.584. The Labute approximate surface area is 177 Å². The minimum absolute atomic E-state index is 0.0106. The van der Waals surface area contributed by atoms with Crippen molar-refractivity contribution in [1.82, 2.24) is 20.2 Å². The molecule has 146 valence electrons. The van der Waals surface area contributed by atoms with Crippen molar-refractivity contribution >= 4 is 46.0 Å². The van der Waals surface area contributed by atoms with Gasteiger partial charge < -0.3 is 0 Å². The Morgan fingerprint density at radius 1 is 1.18 bits per heavy atom. The number of thioether (sulfide) groups is 2. The highest BCUT2D eigenvalue weighted by molar-refractivity contribution is 8.14. The van der Waals surface area contributed by atoms with Crippen molar-refractivity contribution in [2.75, 3.05) is 16.4 Å². The maximum absolute atomic E-state index is 4.66. The van der Waals surface area contributed by atoms with Gasteiger partial charge in [0.15, 0.2) is 16.5 Å². The molecule has 0 saturated carbocycles. The van der Waals surface area contributed by atoms with Gasteiger partial charge >= 0.3 is 0 Å². The van der Waals surface area contributed by atoms with Crippen LogP contribution in [0, 0.1) is 0 Å². The van der Waals surface area contributed by atoms with Gasteiger partial charge in [-0.15, -0.1) is 21.5 Å². The fourth-order valence-corrected chi connectivity index (χ4v) is 6.83. The zero-order valence-electron chi connectivity index (χ0n) is 16.0. The van der Waals surface area contributed by atoms with Gasteiger partial charge in [-0.25, -0.2) is 4.57 Å². The maximum Gasteiger partial charge on any atom is 0.241 e. The SMILES string of the molecule is C=C(C)CSC1=NNC2c3c(sc4c3CCC4)-n3c(SCC(=C)C)nnc3N12. The fraction of sp³-hybridized carbons (Fsp3) is 0.421. The summed E-state index contributed by atoms with van der Waals surface area (Å²) in [6.07, 6.45) is 3.57. The van der Waals surface area contributed by atoms with Crippen molar-refractivity contribution in [3.05, 3.63) is 40.3 Å². The molecular weight excluding hydrogens is 408 g/mol. The zero-order valence-corrected chi connectivity index (χ0v) is 18.4. The van der Waals surface area contributed by atoms with E-state index in [0.717, 1.165) is 45.3 Å². The number of thiophene rings is 1. The quantitative estimate of drug-likeness (QED) is 0.557. The van der Waals surface area contributed by atoms with Gasteiger partial charge in [-0.1, -0.05) is 47.8 Å². The summed E-state index contributed by atoms with van der Waals surface area (Å²) in [7, 11) is 0. The number of hydrogen-bond acceptors (Lipinski definition) is 8. The van der Waals surface area contributed by atoms with Gasteiger partial charge in [-0.2, -0.15) is 5.10 Å². The van der Waals surface area contributed by atoms with Gasteiger partial charge in [0.1, 0.15) is 5.00 Å². The number of rotatable bonds is 5. The van der Waals surface area contributed by atoms with Crippen LogP contribution in [0.25, 0.3) is 5.00 Å². The second-order valence-electron chi connectivity index (χ2n) is 7.48. The molecule has 1 unspecified atom stereocenters. The first-order chi connectivity index (χ1) is 13.5. The number of fused-ring (bicyclic) bond motifs is 8. The topological polar surface area (TPSA) is 58.3 Å². The first-order valence-electron chi connectivity index (χ1n) is 9.31. The molecule has 2 aliphatic heterocycles. The van der Waals surface area contributed by atoms with Gasteiger partial charge in [0, 0.05) is 21.9 Å². The van der Waals surface area contributed by atoms with E-state index in [1.807, 2.05) is 25.2 Å². The van der Waals surface area contributed by atoms with Crippen LogP contribution in [0.2, 0.25) is 0 Å². The van der Waals surface area contributed by atoms with Crippen molar-refractivity contribution in [3.8, 4) is 5.00 Å². The molecule has 0 fully saturated rings. The average Bonchev–Trinajstić information content (AvgIpc) is 3.38. The summed E-state index contributed by atoms with van der Waals surface area (Å²) < 4.78 is 2.23. The number of aryl methyl sites for hydroxylation is 1. The van der Waals surface area contributed by atoms with Crippen LogP contribution in [0.15, 0.2) is 34.6 Å². The van der Waals surface area contributed by atoms with E-state index in [-0.39, 0.29) is 6.17 Å². The molecule has 0 spiro atoms. The lowest BCUT2D eigenvalue weighted by atomic mass is 10.1. The molecule has 0 aromatic carbocycles. The van der Waals surface area contributed by atoms with Crippen molar-refractivity contribution < 1.29 is 0 Å². The molecule has 9 heteroatoms.